The molecule has 0 radical (unpaired) electrons. The number of amides is 1. The molecule has 1 aliphatic rings. The molecule has 0 spiro atoms. The van der Waals surface area contributed by atoms with Gasteiger partial charge in [-0.25, -0.2) is 4.67 Å². The lowest BCUT2D eigenvalue weighted by atomic mass is 10.2. The van der Waals surface area contributed by atoms with E-state index in [0.29, 0.717) is 4.90 Å². The summed E-state index contributed by atoms with van der Waals surface area (Å²) in [7, 11) is 0. The van der Waals surface area contributed by atoms with Crippen LogP contribution >= 0.6 is 17.8 Å². The SMILES string of the molecule is CBP(=O)(Cl)N1CCN(C(=O)C(F)(F)F)CC1. The van der Waals surface area contributed by atoms with Crippen molar-refractivity contribution in [2.45, 2.75) is 13.0 Å². The second-order valence-corrected chi connectivity index (χ2v) is 7.69. The molecule has 0 aromatic heterocycles. The molecule has 98 valence electrons. The van der Waals surface area contributed by atoms with Crippen molar-refractivity contribution in [3.05, 3.63) is 0 Å². The van der Waals surface area contributed by atoms with Gasteiger partial charge in [0.1, 0.15) is 0 Å². The Hall–Kier alpha value is -0.195. The average molecular weight is 290 g/mol. The van der Waals surface area contributed by atoms with Gasteiger partial charge in [-0.2, -0.15) is 13.2 Å². The number of rotatable bonds is 2. The Morgan fingerprint density at radius 1 is 1.29 bits per heavy atom. The summed E-state index contributed by atoms with van der Waals surface area (Å²) in [5.74, 6) is -1.85. The van der Waals surface area contributed by atoms with Crippen molar-refractivity contribution in [3.63, 3.8) is 0 Å². The molecule has 0 aromatic rings. The number of alkyl halides is 3. The summed E-state index contributed by atoms with van der Waals surface area (Å²) in [5, 5.41) is 0. The first-order valence-corrected chi connectivity index (χ1v) is 7.83. The van der Waals surface area contributed by atoms with E-state index in [1.165, 1.54) is 4.67 Å². The predicted octanol–water partition coefficient (Wildman–Crippen LogP) is 1.52. The number of carbonyl (C=O) groups is 1. The number of halogens is 4. The molecule has 0 aromatic carbocycles. The summed E-state index contributed by atoms with van der Waals surface area (Å²) in [4.78, 5) is 11.6. The van der Waals surface area contributed by atoms with Crippen LogP contribution in [-0.2, 0) is 9.36 Å². The minimum Gasteiger partial charge on any atom is -0.332 e. The van der Waals surface area contributed by atoms with Crippen molar-refractivity contribution in [2.75, 3.05) is 26.2 Å². The molecule has 1 amide bonds. The lowest BCUT2D eigenvalue weighted by Gasteiger charge is -2.36. The normalized spacial score (nSPS) is 22.1. The highest BCUT2D eigenvalue weighted by Crippen LogP contribution is 2.53. The molecule has 1 saturated heterocycles. The second kappa shape index (κ2) is 5.20. The fourth-order valence-corrected chi connectivity index (χ4v) is 3.21. The molecule has 10 heteroatoms. The monoisotopic (exact) mass is 290 g/mol. The smallest absolute Gasteiger partial charge is 0.332 e. The van der Waals surface area contributed by atoms with Gasteiger partial charge in [0.25, 0.3) is 0 Å². The first-order valence-electron chi connectivity index (χ1n) is 5.08. The quantitative estimate of drug-likeness (QED) is 0.572. The van der Waals surface area contributed by atoms with E-state index in [0.717, 1.165) is 0 Å². The van der Waals surface area contributed by atoms with E-state index in [2.05, 4.69) is 0 Å². The average Bonchev–Trinajstić information content (AvgIpc) is 2.27. The Bertz CT molecular complexity index is 347. The third-order valence-corrected chi connectivity index (χ3v) is 5.98. The highest BCUT2D eigenvalue weighted by Gasteiger charge is 2.44. The van der Waals surface area contributed by atoms with Crippen molar-refractivity contribution < 1.29 is 22.5 Å². The minimum atomic E-state index is -4.85. The van der Waals surface area contributed by atoms with E-state index < -0.39 is 18.6 Å². The third-order valence-electron chi connectivity index (χ3n) is 2.60. The molecule has 17 heavy (non-hydrogen) atoms. The molecule has 0 aliphatic carbocycles. The lowest BCUT2D eigenvalue weighted by molar-refractivity contribution is -0.186. The summed E-state index contributed by atoms with van der Waals surface area (Å²) in [6.07, 6.45) is -4.85. The second-order valence-electron chi connectivity index (χ2n) is 3.68. The third kappa shape index (κ3) is 3.63. The number of carbonyl (C=O) groups excluding carboxylic acids is 1. The van der Waals surface area contributed by atoms with Crippen LogP contribution in [0.1, 0.15) is 0 Å². The summed E-state index contributed by atoms with van der Waals surface area (Å²) < 4.78 is 49.7. The van der Waals surface area contributed by atoms with Crippen LogP contribution in [0.5, 0.6) is 0 Å². The molecule has 0 bridgehead atoms. The largest absolute Gasteiger partial charge is 0.471 e. The molecule has 1 unspecified atom stereocenters. The van der Waals surface area contributed by atoms with Gasteiger partial charge in [-0.15, -0.1) is 0 Å². The zero-order valence-corrected chi connectivity index (χ0v) is 10.9. The molecule has 0 saturated carbocycles. The molecule has 1 heterocycles. The summed E-state index contributed by atoms with van der Waals surface area (Å²) >= 11 is 5.77. The Morgan fingerprint density at radius 3 is 2.12 bits per heavy atom. The fraction of sp³-hybridized carbons (Fsp3) is 0.857. The highest BCUT2D eigenvalue weighted by atomic mass is 35.7. The zero-order chi connectivity index (χ0) is 13.3. The number of piperazine rings is 1. The molecule has 1 atom stereocenters. The molecular formula is C7H12BClF3N2O2P. The maximum atomic E-state index is 12.1. The number of nitrogens with zero attached hydrogens (tertiary/aromatic N) is 2. The first kappa shape index (κ1) is 14.9. The first-order chi connectivity index (χ1) is 7.68. The van der Waals surface area contributed by atoms with E-state index >= 15 is 0 Å². The standard InChI is InChI=1S/C7H12BClF3N2O2P/c1-8-17(9,16)14-4-2-13(3-5-14)6(15)7(10,11)12/h8H,2-5H2,1H3. The molecule has 0 N–H and O–H groups in total. The topological polar surface area (TPSA) is 40.6 Å². The van der Waals surface area contributed by atoms with Gasteiger partial charge in [0.05, 0.1) is 0 Å². The van der Waals surface area contributed by atoms with Gasteiger partial charge in [0, 0.05) is 26.2 Å². The van der Waals surface area contributed by atoms with Gasteiger partial charge in [-0.1, -0.05) is 6.82 Å². The Kier molecular flexibility index (Phi) is 4.55. The van der Waals surface area contributed by atoms with Crippen LogP contribution in [0.15, 0.2) is 0 Å². The Labute approximate surface area is 102 Å². The van der Waals surface area contributed by atoms with Crippen molar-refractivity contribution >= 4 is 30.7 Å². The summed E-state index contributed by atoms with van der Waals surface area (Å²) in [6.45, 7) is -1.04. The van der Waals surface area contributed by atoms with Gasteiger partial charge in [0.15, 0.2) is 6.52 Å². The lowest BCUT2D eigenvalue weighted by Crippen LogP contribution is -2.51. The van der Waals surface area contributed by atoms with Crippen LogP contribution in [0.4, 0.5) is 13.2 Å². The molecule has 1 aliphatic heterocycles. The van der Waals surface area contributed by atoms with E-state index in [1.54, 1.807) is 6.82 Å². The van der Waals surface area contributed by atoms with Gasteiger partial charge >= 0.3 is 12.1 Å². The van der Waals surface area contributed by atoms with E-state index in [1.807, 2.05) is 0 Å². The summed E-state index contributed by atoms with van der Waals surface area (Å²) in [5.41, 5.74) is 0. The van der Waals surface area contributed by atoms with Crippen molar-refractivity contribution in [3.8, 4) is 0 Å². The van der Waals surface area contributed by atoms with Gasteiger partial charge < -0.3 is 9.46 Å². The molecule has 1 fully saturated rings. The van der Waals surface area contributed by atoms with Gasteiger partial charge in [0.2, 0.25) is 7.00 Å². The highest BCUT2D eigenvalue weighted by molar-refractivity contribution is 8.08. The molecule has 1 rings (SSSR count). The number of hydrogen-bond donors (Lipinski definition) is 0. The van der Waals surface area contributed by atoms with Crippen molar-refractivity contribution in [1.82, 2.24) is 9.57 Å². The Balaban J connectivity index is 2.58. The van der Waals surface area contributed by atoms with Crippen LogP contribution in [-0.4, -0.2) is 54.8 Å². The van der Waals surface area contributed by atoms with Crippen molar-refractivity contribution in [2.24, 2.45) is 0 Å². The van der Waals surface area contributed by atoms with E-state index in [4.69, 9.17) is 11.2 Å². The van der Waals surface area contributed by atoms with Crippen LogP contribution in [0.25, 0.3) is 0 Å². The number of hydrogen-bond acceptors (Lipinski definition) is 2. The maximum absolute atomic E-state index is 12.1. The van der Waals surface area contributed by atoms with Crippen LogP contribution in [0.3, 0.4) is 0 Å². The maximum Gasteiger partial charge on any atom is 0.471 e. The van der Waals surface area contributed by atoms with Crippen LogP contribution in [0.2, 0.25) is 6.82 Å². The minimum absolute atomic E-state index is 0.102. The van der Waals surface area contributed by atoms with Crippen LogP contribution < -0.4 is 0 Å². The fourth-order valence-electron chi connectivity index (χ4n) is 1.58. The van der Waals surface area contributed by atoms with Crippen LogP contribution in [0, 0.1) is 0 Å². The van der Waals surface area contributed by atoms with E-state index in [-0.39, 0.29) is 33.2 Å². The van der Waals surface area contributed by atoms with Gasteiger partial charge in [-0.05, 0) is 11.2 Å². The Morgan fingerprint density at radius 2 is 1.76 bits per heavy atom. The predicted molar refractivity (Wildman–Crippen MR) is 60.7 cm³/mol. The van der Waals surface area contributed by atoms with E-state index in [9.17, 15) is 22.5 Å². The molecular weight excluding hydrogens is 278 g/mol. The molecule has 4 nitrogen and oxygen atoms in total. The van der Waals surface area contributed by atoms with Gasteiger partial charge in [-0.3, -0.25) is 4.79 Å². The zero-order valence-electron chi connectivity index (χ0n) is 9.21. The summed E-state index contributed by atoms with van der Waals surface area (Å²) in [6, 6.07) is 0. The van der Waals surface area contributed by atoms with Crippen molar-refractivity contribution in [1.29, 1.82) is 0 Å².